The maximum Gasteiger partial charge on any atom is 0.119 e. The van der Waals surface area contributed by atoms with E-state index in [2.05, 4.69) is 4.98 Å². The van der Waals surface area contributed by atoms with Gasteiger partial charge < -0.3 is 4.74 Å². The van der Waals surface area contributed by atoms with E-state index in [4.69, 9.17) is 4.74 Å². The molecule has 1 aromatic heterocycles. The molecule has 0 N–H and O–H groups in total. The van der Waals surface area contributed by atoms with Crippen molar-refractivity contribution in [3.8, 4) is 0 Å². The van der Waals surface area contributed by atoms with Gasteiger partial charge in [0.05, 0.1) is 6.61 Å². The predicted molar refractivity (Wildman–Crippen MR) is 37.6 cm³/mol. The molecule has 0 fully saturated rings. The number of rotatable bonds is 2. The van der Waals surface area contributed by atoms with Gasteiger partial charge in [-0.25, -0.2) is 4.98 Å². The van der Waals surface area contributed by atoms with Crippen LogP contribution in [0.4, 0.5) is 0 Å². The highest BCUT2D eigenvalue weighted by Crippen LogP contribution is 2.10. The highest BCUT2D eigenvalue weighted by Gasteiger charge is 1.94. The number of hydrogen-bond acceptors (Lipinski definition) is 3. The van der Waals surface area contributed by atoms with Crippen LogP contribution in [0.5, 0.6) is 0 Å². The maximum absolute atomic E-state index is 4.89. The van der Waals surface area contributed by atoms with Gasteiger partial charge in [-0.05, 0) is 6.92 Å². The summed E-state index contributed by atoms with van der Waals surface area (Å²) in [5.41, 5.74) is 0. The van der Waals surface area contributed by atoms with Gasteiger partial charge in [0.1, 0.15) is 5.01 Å². The Bertz CT molecular complexity index is 185. The van der Waals surface area contributed by atoms with E-state index in [9.17, 15) is 0 Å². The van der Waals surface area contributed by atoms with Crippen LogP contribution in [0, 0.1) is 6.92 Å². The van der Waals surface area contributed by atoms with Gasteiger partial charge in [0.25, 0.3) is 0 Å². The van der Waals surface area contributed by atoms with Gasteiger partial charge in [0.2, 0.25) is 0 Å². The van der Waals surface area contributed by atoms with Crippen LogP contribution >= 0.6 is 11.3 Å². The number of nitrogens with zero attached hydrogens (tertiary/aromatic N) is 1. The van der Waals surface area contributed by atoms with Crippen LogP contribution in [0.2, 0.25) is 0 Å². The molecule has 0 unspecified atom stereocenters. The predicted octanol–water partition coefficient (Wildman–Crippen LogP) is 1.60. The van der Waals surface area contributed by atoms with Crippen molar-refractivity contribution in [2.45, 2.75) is 13.5 Å². The van der Waals surface area contributed by atoms with Crippen LogP contribution in [0.1, 0.15) is 9.88 Å². The van der Waals surface area contributed by atoms with Gasteiger partial charge >= 0.3 is 0 Å². The molecule has 0 bridgehead atoms. The molecule has 9 heavy (non-hydrogen) atoms. The molecule has 0 aliphatic carbocycles. The van der Waals surface area contributed by atoms with E-state index < -0.39 is 0 Å². The first-order valence-electron chi connectivity index (χ1n) is 2.73. The van der Waals surface area contributed by atoms with Gasteiger partial charge in [-0.2, -0.15) is 0 Å². The lowest BCUT2D eigenvalue weighted by Gasteiger charge is -1.88. The number of methoxy groups -OCH3 is 1. The molecule has 0 spiro atoms. The summed E-state index contributed by atoms with van der Waals surface area (Å²) in [6.07, 6.45) is 1.86. The molecular weight excluding hydrogens is 134 g/mol. The van der Waals surface area contributed by atoms with Crippen molar-refractivity contribution in [2.75, 3.05) is 7.11 Å². The Balaban J connectivity index is 2.61. The average molecular weight is 143 g/mol. The van der Waals surface area contributed by atoms with E-state index in [1.165, 1.54) is 4.88 Å². The summed E-state index contributed by atoms with van der Waals surface area (Å²) in [6.45, 7) is 2.68. The average Bonchev–Trinajstić information content (AvgIpc) is 2.17. The molecule has 3 heteroatoms. The van der Waals surface area contributed by atoms with Crippen molar-refractivity contribution >= 4 is 11.3 Å². The summed E-state index contributed by atoms with van der Waals surface area (Å²) in [7, 11) is 1.68. The molecule has 1 rings (SSSR count). The van der Waals surface area contributed by atoms with Gasteiger partial charge in [-0.3, -0.25) is 0 Å². The molecular formula is C6H9NOS. The SMILES string of the molecule is COCc1ncc(C)s1. The molecule has 1 aromatic rings. The lowest BCUT2D eigenvalue weighted by molar-refractivity contribution is 0.184. The molecule has 0 aliphatic heterocycles. The fourth-order valence-electron chi connectivity index (χ4n) is 0.592. The van der Waals surface area contributed by atoms with E-state index in [0.717, 1.165) is 5.01 Å². The van der Waals surface area contributed by atoms with E-state index in [0.29, 0.717) is 6.61 Å². The summed E-state index contributed by atoms with van der Waals surface area (Å²) in [5, 5.41) is 1.05. The van der Waals surface area contributed by atoms with Gasteiger partial charge in [-0.15, -0.1) is 11.3 Å². The molecule has 0 aromatic carbocycles. The van der Waals surface area contributed by atoms with Crippen molar-refractivity contribution in [1.29, 1.82) is 0 Å². The zero-order valence-corrected chi connectivity index (χ0v) is 6.36. The van der Waals surface area contributed by atoms with Crippen LogP contribution < -0.4 is 0 Å². The molecule has 0 radical (unpaired) electrons. The number of hydrogen-bond donors (Lipinski definition) is 0. The lowest BCUT2D eigenvalue weighted by atomic mass is 10.6. The van der Waals surface area contributed by atoms with Crippen molar-refractivity contribution in [3.63, 3.8) is 0 Å². The summed E-state index contributed by atoms with van der Waals surface area (Å²) in [5.74, 6) is 0. The minimum Gasteiger partial charge on any atom is -0.378 e. The van der Waals surface area contributed by atoms with Crippen molar-refractivity contribution in [2.24, 2.45) is 0 Å². The van der Waals surface area contributed by atoms with Crippen molar-refractivity contribution < 1.29 is 4.74 Å². The van der Waals surface area contributed by atoms with Gasteiger partial charge in [-0.1, -0.05) is 0 Å². The Kier molecular flexibility index (Phi) is 2.19. The first-order chi connectivity index (χ1) is 4.33. The third-order valence-electron chi connectivity index (χ3n) is 0.937. The molecule has 0 saturated heterocycles. The van der Waals surface area contributed by atoms with Crippen molar-refractivity contribution in [3.05, 3.63) is 16.1 Å². The van der Waals surface area contributed by atoms with Gasteiger partial charge in [0, 0.05) is 18.2 Å². The Hall–Kier alpha value is -0.410. The number of aryl methyl sites for hydroxylation is 1. The Morgan fingerprint density at radius 2 is 2.56 bits per heavy atom. The first kappa shape index (κ1) is 6.71. The molecule has 0 aliphatic rings. The van der Waals surface area contributed by atoms with Gasteiger partial charge in [0.15, 0.2) is 0 Å². The zero-order chi connectivity index (χ0) is 6.69. The third-order valence-corrected chi connectivity index (χ3v) is 1.82. The first-order valence-corrected chi connectivity index (χ1v) is 3.55. The lowest BCUT2D eigenvalue weighted by Crippen LogP contribution is -1.82. The Morgan fingerprint density at radius 3 is 3.00 bits per heavy atom. The van der Waals surface area contributed by atoms with Crippen LogP contribution in [0.3, 0.4) is 0 Å². The second kappa shape index (κ2) is 2.94. The highest BCUT2D eigenvalue weighted by atomic mass is 32.1. The van der Waals surface area contributed by atoms with E-state index in [-0.39, 0.29) is 0 Å². The molecule has 1 heterocycles. The zero-order valence-electron chi connectivity index (χ0n) is 5.55. The smallest absolute Gasteiger partial charge is 0.119 e. The second-order valence-electron chi connectivity index (χ2n) is 1.80. The van der Waals surface area contributed by atoms with E-state index >= 15 is 0 Å². The quantitative estimate of drug-likeness (QED) is 0.627. The minimum absolute atomic E-state index is 0.637. The molecule has 0 atom stereocenters. The highest BCUT2D eigenvalue weighted by molar-refractivity contribution is 7.11. The second-order valence-corrected chi connectivity index (χ2v) is 3.12. The topological polar surface area (TPSA) is 22.1 Å². The fraction of sp³-hybridized carbons (Fsp3) is 0.500. The summed E-state index contributed by atoms with van der Waals surface area (Å²) in [6, 6.07) is 0. The Labute approximate surface area is 58.5 Å². The molecule has 50 valence electrons. The van der Waals surface area contributed by atoms with Crippen LogP contribution in [0.15, 0.2) is 6.20 Å². The van der Waals surface area contributed by atoms with Crippen LogP contribution in [0.25, 0.3) is 0 Å². The minimum atomic E-state index is 0.637. The van der Waals surface area contributed by atoms with Crippen LogP contribution in [-0.2, 0) is 11.3 Å². The molecule has 0 saturated carbocycles. The van der Waals surface area contributed by atoms with E-state index in [1.54, 1.807) is 18.4 Å². The normalized spacial score (nSPS) is 10.0. The molecule has 2 nitrogen and oxygen atoms in total. The number of thiazole rings is 1. The van der Waals surface area contributed by atoms with E-state index in [1.807, 2.05) is 13.1 Å². The standard InChI is InChI=1S/C6H9NOS/c1-5-3-7-6(9-5)4-8-2/h3H,4H2,1-2H3. The van der Waals surface area contributed by atoms with Crippen LogP contribution in [-0.4, -0.2) is 12.1 Å². The fourth-order valence-corrected chi connectivity index (χ4v) is 1.35. The number of ether oxygens (including phenoxy) is 1. The summed E-state index contributed by atoms with van der Waals surface area (Å²) in [4.78, 5) is 5.34. The molecule has 0 amide bonds. The largest absolute Gasteiger partial charge is 0.378 e. The monoisotopic (exact) mass is 143 g/mol. The maximum atomic E-state index is 4.89. The van der Waals surface area contributed by atoms with Crippen molar-refractivity contribution in [1.82, 2.24) is 4.98 Å². The third kappa shape index (κ3) is 1.77. The number of aromatic nitrogens is 1. The summed E-state index contributed by atoms with van der Waals surface area (Å²) < 4.78 is 4.89. The Morgan fingerprint density at radius 1 is 1.78 bits per heavy atom. The summed E-state index contributed by atoms with van der Waals surface area (Å²) >= 11 is 1.68.